The van der Waals surface area contributed by atoms with Crippen molar-refractivity contribution >= 4 is 0 Å². The van der Waals surface area contributed by atoms with Crippen molar-refractivity contribution in [2.24, 2.45) is 5.92 Å². The van der Waals surface area contributed by atoms with Crippen LogP contribution in [0.3, 0.4) is 0 Å². The van der Waals surface area contributed by atoms with E-state index in [0.717, 1.165) is 38.4 Å². The van der Waals surface area contributed by atoms with Crippen LogP contribution in [-0.4, -0.2) is 36.6 Å². The van der Waals surface area contributed by atoms with Crippen LogP contribution in [0.25, 0.3) is 0 Å². The molecule has 1 saturated heterocycles. The molecule has 1 aliphatic heterocycles. The number of hydrogen-bond donors (Lipinski definition) is 1. The number of rotatable bonds is 6. The Morgan fingerprint density at radius 3 is 3.06 bits per heavy atom. The maximum absolute atomic E-state index is 5.58. The maximum atomic E-state index is 5.58. The molecule has 1 fully saturated rings. The summed E-state index contributed by atoms with van der Waals surface area (Å²) in [6.45, 7) is 6.06. The monoisotopic (exact) mass is 237 g/mol. The highest BCUT2D eigenvalue weighted by atomic mass is 16.5. The fraction of sp³-hybridized carbons (Fsp3) is 0.667. The predicted octanol–water partition coefficient (Wildman–Crippen LogP) is 1.00. The zero-order valence-corrected chi connectivity index (χ0v) is 10.2. The molecule has 0 aliphatic carbocycles. The Labute approximate surface area is 102 Å². The lowest BCUT2D eigenvalue weighted by atomic mass is 10.1. The van der Waals surface area contributed by atoms with Gasteiger partial charge in [-0.2, -0.15) is 5.10 Å². The van der Waals surface area contributed by atoms with Crippen molar-refractivity contribution in [1.82, 2.24) is 15.5 Å². The lowest BCUT2D eigenvalue weighted by Gasteiger charge is -2.09. The van der Waals surface area contributed by atoms with Gasteiger partial charge in [-0.05, 0) is 19.0 Å². The molecule has 94 valence electrons. The quantitative estimate of drug-likeness (QED) is 0.800. The molecule has 17 heavy (non-hydrogen) atoms. The van der Waals surface area contributed by atoms with Gasteiger partial charge in [0.1, 0.15) is 0 Å². The van der Waals surface area contributed by atoms with E-state index in [9.17, 15) is 0 Å². The molecule has 0 amide bonds. The van der Waals surface area contributed by atoms with E-state index in [1.54, 1.807) is 0 Å². The highest BCUT2D eigenvalue weighted by Gasteiger charge is 2.16. The van der Waals surface area contributed by atoms with E-state index >= 15 is 0 Å². The number of hydrogen-bond acceptors (Lipinski definition) is 5. The topological polar surface area (TPSA) is 56.3 Å². The van der Waals surface area contributed by atoms with Crippen molar-refractivity contribution in [1.29, 1.82) is 0 Å². The summed E-state index contributed by atoms with van der Waals surface area (Å²) in [7, 11) is 0. The first-order valence-corrected chi connectivity index (χ1v) is 6.12. The third-order valence-electron chi connectivity index (χ3n) is 2.74. The van der Waals surface area contributed by atoms with Gasteiger partial charge in [0.05, 0.1) is 18.9 Å². The summed E-state index contributed by atoms with van der Waals surface area (Å²) in [5.74, 6) is 1.09. The molecule has 2 rings (SSSR count). The molecule has 1 aromatic rings. The molecule has 5 nitrogen and oxygen atoms in total. The Balaban J connectivity index is 1.76. The molecule has 0 saturated carbocycles. The van der Waals surface area contributed by atoms with Crippen LogP contribution in [0.4, 0.5) is 0 Å². The van der Waals surface area contributed by atoms with Crippen molar-refractivity contribution in [2.45, 2.75) is 19.9 Å². The number of ether oxygens (including phenoxy) is 2. The second-order valence-corrected chi connectivity index (χ2v) is 4.18. The molecule has 0 bridgehead atoms. The van der Waals surface area contributed by atoms with Crippen molar-refractivity contribution in [3.8, 4) is 5.88 Å². The fourth-order valence-electron chi connectivity index (χ4n) is 1.69. The van der Waals surface area contributed by atoms with Gasteiger partial charge >= 0.3 is 0 Å². The smallest absolute Gasteiger partial charge is 0.233 e. The van der Waals surface area contributed by atoms with Crippen LogP contribution < -0.4 is 10.1 Å². The van der Waals surface area contributed by atoms with Crippen LogP contribution in [0.5, 0.6) is 5.88 Å². The number of nitrogens with one attached hydrogen (secondary N) is 1. The molecule has 1 aliphatic rings. The second-order valence-electron chi connectivity index (χ2n) is 4.18. The highest BCUT2D eigenvalue weighted by molar-refractivity contribution is 5.11. The molecule has 0 spiro atoms. The van der Waals surface area contributed by atoms with Gasteiger partial charge in [-0.1, -0.05) is 6.92 Å². The molecule has 0 aromatic carbocycles. The molecule has 1 atom stereocenters. The van der Waals surface area contributed by atoms with Gasteiger partial charge in [0.15, 0.2) is 0 Å². The summed E-state index contributed by atoms with van der Waals surface area (Å²) >= 11 is 0. The first kappa shape index (κ1) is 12.3. The minimum Gasteiger partial charge on any atom is -0.476 e. The predicted molar refractivity (Wildman–Crippen MR) is 63.8 cm³/mol. The van der Waals surface area contributed by atoms with Crippen LogP contribution in [0.15, 0.2) is 12.1 Å². The molecule has 0 radical (unpaired) electrons. The summed E-state index contributed by atoms with van der Waals surface area (Å²) < 4.78 is 10.9. The minimum atomic E-state index is 0.498. The normalized spacial score (nSPS) is 19.5. The van der Waals surface area contributed by atoms with E-state index in [0.29, 0.717) is 18.4 Å². The lowest BCUT2D eigenvalue weighted by molar-refractivity contribution is 0.165. The third-order valence-corrected chi connectivity index (χ3v) is 2.74. The summed E-state index contributed by atoms with van der Waals surface area (Å²) in [5.41, 5.74) is 0.934. The van der Waals surface area contributed by atoms with E-state index < -0.39 is 0 Å². The first-order valence-electron chi connectivity index (χ1n) is 6.12. The van der Waals surface area contributed by atoms with Gasteiger partial charge in [0.2, 0.25) is 5.88 Å². The lowest BCUT2D eigenvalue weighted by Crippen LogP contribution is -2.15. The Morgan fingerprint density at radius 1 is 1.47 bits per heavy atom. The third kappa shape index (κ3) is 3.94. The zero-order valence-electron chi connectivity index (χ0n) is 10.2. The summed E-state index contributed by atoms with van der Waals surface area (Å²) in [6, 6.07) is 3.81. The minimum absolute atomic E-state index is 0.498. The van der Waals surface area contributed by atoms with Crippen molar-refractivity contribution in [3.05, 3.63) is 17.8 Å². The molecule has 5 heteroatoms. The summed E-state index contributed by atoms with van der Waals surface area (Å²) in [5, 5.41) is 11.3. The van der Waals surface area contributed by atoms with Gasteiger partial charge in [0, 0.05) is 25.1 Å². The fourth-order valence-corrected chi connectivity index (χ4v) is 1.69. The van der Waals surface area contributed by atoms with Crippen LogP contribution >= 0.6 is 0 Å². The van der Waals surface area contributed by atoms with Gasteiger partial charge in [-0.25, -0.2) is 0 Å². The van der Waals surface area contributed by atoms with Gasteiger partial charge < -0.3 is 14.8 Å². The number of aromatic nitrogens is 2. The first-order chi connectivity index (χ1) is 8.38. The van der Waals surface area contributed by atoms with Crippen LogP contribution in [0, 0.1) is 5.92 Å². The largest absolute Gasteiger partial charge is 0.476 e. The van der Waals surface area contributed by atoms with E-state index in [1.165, 1.54) is 0 Å². The van der Waals surface area contributed by atoms with Crippen molar-refractivity contribution in [2.75, 3.05) is 26.4 Å². The highest BCUT2D eigenvalue weighted by Crippen LogP contribution is 2.14. The van der Waals surface area contributed by atoms with Crippen LogP contribution in [0.1, 0.15) is 19.0 Å². The van der Waals surface area contributed by atoms with Crippen molar-refractivity contribution < 1.29 is 9.47 Å². The Kier molecular flexibility index (Phi) is 4.70. The average molecular weight is 237 g/mol. The summed E-state index contributed by atoms with van der Waals surface area (Å²) in [4.78, 5) is 0. The van der Waals surface area contributed by atoms with Crippen molar-refractivity contribution in [3.63, 3.8) is 0 Å². The molecule has 1 N–H and O–H groups in total. The van der Waals surface area contributed by atoms with Gasteiger partial charge in [-0.3, -0.25) is 0 Å². The van der Waals surface area contributed by atoms with E-state index in [1.807, 2.05) is 12.1 Å². The molecule has 2 heterocycles. The number of nitrogens with zero attached hydrogens (tertiary/aromatic N) is 2. The van der Waals surface area contributed by atoms with E-state index in [2.05, 4.69) is 22.4 Å². The zero-order chi connectivity index (χ0) is 11.9. The SMILES string of the molecule is CCNCc1ccc(OCC2CCOC2)nn1. The average Bonchev–Trinajstić information content (AvgIpc) is 2.88. The Morgan fingerprint density at radius 2 is 2.41 bits per heavy atom. The van der Waals surface area contributed by atoms with E-state index in [4.69, 9.17) is 9.47 Å². The Bertz CT molecular complexity index is 323. The van der Waals surface area contributed by atoms with Gasteiger partial charge in [-0.15, -0.1) is 5.10 Å². The second kappa shape index (κ2) is 6.51. The van der Waals surface area contributed by atoms with Gasteiger partial charge in [0.25, 0.3) is 0 Å². The molecular weight excluding hydrogens is 218 g/mol. The summed E-state index contributed by atoms with van der Waals surface area (Å²) in [6.07, 6.45) is 1.08. The molecular formula is C12H19N3O2. The van der Waals surface area contributed by atoms with Crippen LogP contribution in [-0.2, 0) is 11.3 Å². The standard InChI is InChI=1S/C12H19N3O2/c1-2-13-7-11-3-4-12(15-14-11)17-9-10-5-6-16-8-10/h3-4,10,13H,2,5-9H2,1H3. The van der Waals surface area contributed by atoms with E-state index in [-0.39, 0.29) is 0 Å². The molecule has 1 aromatic heterocycles. The maximum Gasteiger partial charge on any atom is 0.233 e. The Hall–Kier alpha value is -1.20. The molecule has 1 unspecified atom stereocenters. The van der Waals surface area contributed by atoms with Crippen LogP contribution in [0.2, 0.25) is 0 Å².